The lowest BCUT2D eigenvalue weighted by Gasteiger charge is -2.21. The zero-order chi connectivity index (χ0) is 14.5. The molecule has 0 aliphatic rings. The van der Waals surface area contributed by atoms with E-state index < -0.39 is 0 Å². The fraction of sp³-hybridized carbons (Fsp3) is 0.250. The summed E-state index contributed by atoms with van der Waals surface area (Å²) < 4.78 is 0. The molecule has 0 aliphatic heterocycles. The number of aromatic nitrogens is 1. The van der Waals surface area contributed by atoms with Crippen LogP contribution in [0.2, 0.25) is 0 Å². The number of nitrogens with two attached hydrogens (primary N) is 1. The van der Waals surface area contributed by atoms with Gasteiger partial charge in [-0.05, 0) is 35.7 Å². The van der Waals surface area contributed by atoms with Crippen molar-refractivity contribution in [1.29, 1.82) is 0 Å². The third-order valence-corrected chi connectivity index (χ3v) is 3.24. The van der Waals surface area contributed by atoms with Gasteiger partial charge in [0, 0.05) is 32.2 Å². The summed E-state index contributed by atoms with van der Waals surface area (Å²) in [7, 11) is 3.55. The van der Waals surface area contributed by atoms with Crippen LogP contribution in [-0.4, -0.2) is 29.9 Å². The van der Waals surface area contributed by atoms with Crippen molar-refractivity contribution in [3.05, 3.63) is 59.9 Å². The maximum Gasteiger partial charge on any atom is 0.229 e. The number of likely N-dealkylation sites (N-methyl/N-ethyl adjacent to an activating group) is 1. The number of carbonyl (C=O) groups excluding carboxylic acids is 1. The zero-order valence-electron chi connectivity index (χ0n) is 11.8. The molecule has 1 amide bonds. The molecule has 1 heterocycles. The molecule has 0 radical (unpaired) electrons. The average molecular weight is 269 g/mol. The highest BCUT2D eigenvalue weighted by atomic mass is 16.2. The Morgan fingerprint density at radius 3 is 2.50 bits per heavy atom. The van der Waals surface area contributed by atoms with Gasteiger partial charge in [-0.3, -0.25) is 9.78 Å². The van der Waals surface area contributed by atoms with Gasteiger partial charge in [0.2, 0.25) is 5.91 Å². The van der Waals surface area contributed by atoms with Crippen LogP contribution >= 0.6 is 0 Å². The van der Waals surface area contributed by atoms with E-state index in [9.17, 15) is 4.79 Å². The molecule has 20 heavy (non-hydrogen) atoms. The molecule has 0 saturated heterocycles. The van der Waals surface area contributed by atoms with Gasteiger partial charge < -0.3 is 10.6 Å². The molecule has 1 atom stereocenters. The number of pyridine rings is 1. The van der Waals surface area contributed by atoms with Gasteiger partial charge in [-0.25, -0.2) is 0 Å². The first-order valence-electron chi connectivity index (χ1n) is 6.53. The predicted octanol–water partition coefficient (Wildman–Crippen LogP) is 2.08. The summed E-state index contributed by atoms with van der Waals surface area (Å²) in [5.41, 5.74) is 8.43. The maximum atomic E-state index is 12.4. The third kappa shape index (κ3) is 3.35. The fourth-order valence-corrected chi connectivity index (χ4v) is 2.14. The third-order valence-electron chi connectivity index (χ3n) is 3.24. The van der Waals surface area contributed by atoms with Gasteiger partial charge >= 0.3 is 0 Å². The van der Waals surface area contributed by atoms with Crippen LogP contribution < -0.4 is 5.73 Å². The molecule has 0 spiro atoms. The molecule has 0 fully saturated rings. The lowest BCUT2D eigenvalue weighted by atomic mass is 9.91. The lowest BCUT2D eigenvalue weighted by Crippen LogP contribution is -2.29. The van der Waals surface area contributed by atoms with Crippen molar-refractivity contribution in [2.45, 2.75) is 12.3 Å². The van der Waals surface area contributed by atoms with Gasteiger partial charge in [-0.15, -0.1) is 0 Å². The van der Waals surface area contributed by atoms with E-state index in [0.717, 1.165) is 11.1 Å². The number of hydrogen-bond acceptors (Lipinski definition) is 3. The van der Waals surface area contributed by atoms with Gasteiger partial charge in [0.25, 0.3) is 0 Å². The quantitative estimate of drug-likeness (QED) is 0.864. The molecule has 0 bridgehead atoms. The summed E-state index contributed by atoms with van der Waals surface area (Å²) in [6.45, 7) is 0. The Kier molecular flexibility index (Phi) is 4.35. The van der Waals surface area contributed by atoms with E-state index in [1.165, 1.54) is 0 Å². The topological polar surface area (TPSA) is 59.2 Å². The summed E-state index contributed by atoms with van der Waals surface area (Å²) >= 11 is 0. The number of amides is 1. The van der Waals surface area contributed by atoms with Crippen molar-refractivity contribution in [3.8, 4) is 0 Å². The van der Waals surface area contributed by atoms with E-state index in [4.69, 9.17) is 5.73 Å². The summed E-state index contributed by atoms with van der Waals surface area (Å²) in [6, 6.07) is 11.4. The van der Waals surface area contributed by atoms with E-state index in [-0.39, 0.29) is 11.8 Å². The minimum atomic E-state index is -0.213. The van der Waals surface area contributed by atoms with Crippen molar-refractivity contribution >= 4 is 11.6 Å². The second-order valence-corrected chi connectivity index (χ2v) is 5.02. The van der Waals surface area contributed by atoms with Gasteiger partial charge in [-0.2, -0.15) is 0 Å². The lowest BCUT2D eigenvalue weighted by molar-refractivity contribution is -0.130. The first kappa shape index (κ1) is 14.1. The summed E-state index contributed by atoms with van der Waals surface area (Å²) in [6.07, 6.45) is 4.16. The maximum absolute atomic E-state index is 12.4. The van der Waals surface area contributed by atoms with E-state index in [1.807, 2.05) is 36.4 Å². The number of hydrogen-bond donors (Lipinski definition) is 1. The number of nitrogen functional groups attached to an aromatic ring is 1. The SMILES string of the molecule is CN(C)C(=O)C(Cc1cccnc1)c1ccc(N)cc1. The second-order valence-electron chi connectivity index (χ2n) is 5.02. The van der Waals surface area contributed by atoms with Crippen LogP contribution in [0.4, 0.5) is 5.69 Å². The van der Waals surface area contributed by atoms with Crippen LogP contribution in [0.25, 0.3) is 0 Å². The van der Waals surface area contributed by atoms with E-state index in [2.05, 4.69) is 4.98 Å². The molecule has 2 aromatic rings. The van der Waals surface area contributed by atoms with Crippen LogP contribution in [0.3, 0.4) is 0 Å². The highest BCUT2D eigenvalue weighted by Gasteiger charge is 2.22. The van der Waals surface area contributed by atoms with Crippen LogP contribution in [0.15, 0.2) is 48.8 Å². The highest BCUT2D eigenvalue weighted by Crippen LogP contribution is 2.23. The molecule has 4 heteroatoms. The van der Waals surface area contributed by atoms with Gasteiger partial charge in [-0.1, -0.05) is 18.2 Å². The molecule has 0 saturated carbocycles. The van der Waals surface area contributed by atoms with Crippen molar-refractivity contribution in [2.75, 3.05) is 19.8 Å². The summed E-state index contributed by atoms with van der Waals surface area (Å²) in [5.74, 6) is -0.131. The number of carbonyl (C=O) groups is 1. The molecule has 0 aliphatic carbocycles. The predicted molar refractivity (Wildman–Crippen MR) is 80.2 cm³/mol. The van der Waals surface area contributed by atoms with Crippen LogP contribution in [0.5, 0.6) is 0 Å². The Bertz CT molecular complexity index is 564. The fourth-order valence-electron chi connectivity index (χ4n) is 2.14. The van der Waals surface area contributed by atoms with Gasteiger partial charge in [0.1, 0.15) is 0 Å². The Morgan fingerprint density at radius 1 is 1.25 bits per heavy atom. The molecular formula is C16H19N3O. The standard InChI is InChI=1S/C16H19N3O/c1-19(2)16(20)15(10-12-4-3-9-18-11-12)13-5-7-14(17)8-6-13/h3-9,11,15H,10,17H2,1-2H3. The Labute approximate surface area is 119 Å². The van der Waals surface area contributed by atoms with Crippen molar-refractivity contribution in [1.82, 2.24) is 9.88 Å². The number of rotatable bonds is 4. The van der Waals surface area contributed by atoms with Gasteiger partial charge in [0.15, 0.2) is 0 Å². The first-order chi connectivity index (χ1) is 9.58. The Balaban J connectivity index is 2.30. The highest BCUT2D eigenvalue weighted by molar-refractivity contribution is 5.83. The van der Waals surface area contributed by atoms with Crippen LogP contribution in [-0.2, 0) is 11.2 Å². The Morgan fingerprint density at radius 2 is 1.95 bits per heavy atom. The molecule has 4 nitrogen and oxygen atoms in total. The molecule has 2 N–H and O–H groups in total. The molecule has 2 rings (SSSR count). The van der Waals surface area contributed by atoms with Crippen molar-refractivity contribution < 1.29 is 4.79 Å². The van der Waals surface area contributed by atoms with Crippen LogP contribution in [0, 0.1) is 0 Å². The Hall–Kier alpha value is -2.36. The zero-order valence-corrected chi connectivity index (χ0v) is 11.8. The number of benzene rings is 1. The largest absolute Gasteiger partial charge is 0.399 e. The molecule has 1 aromatic carbocycles. The van der Waals surface area contributed by atoms with Crippen molar-refractivity contribution in [3.63, 3.8) is 0 Å². The summed E-state index contributed by atoms with van der Waals surface area (Å²) in [5, 5.41) is 0. The molecule has 104 valence electrons. The number of nitrogens with zero attached hydrogens (tertiary/aromatic N) is 2. The van der Waals surface area contributed by atoms with Crippen molar-refractivity contribution in [2.24, 2.45) is 0 Å². The first-order valence-corrected chi connectivity index (χ1v) is 6.53. The van der Waals surface area contributed by atoms with E-state index in [0.29, 0.717) is 12.1 Å². The normalized spacial score (nSPS) is 11.9. The summed E-state index contributed by atoms with van der Waals surface area (Å²) in [4.78, 5) is 18.1. The monoisotopic (exact) mass is 269 g/mol. The number of anilines is 1. The second kappa shape index (κ2) is 6.19. The minimum Gasteiger partial charge on any atom is -0.399 e. The van der Waals surface area contributed by atoms with Gasteiger partial charge in [0.05, 0.1) is 5.92 Å². The van der Waals surface area contributed by atoms with E-state index >= 15 is 0 Å². The minimum absolute atomic E-state index is 0.0821. The average Bonchev–Trinajstić information content (AvgIpc) is 2.46. The van der Waals surface area contributed by atoms with E-state index in [1.54, 1.807) is 31.4 Å². The molecular weight excluding hydrogens is 250 g/mol. The van der Waals surface area contributed by atoms with Crippen LogP contribution in [0.1, 0.15) is 17.0 Å². The smallest absolute Gasteiger partial charge is 0.229 e. The molecule has 1 aromatic heterocycles. The molecule has 1 unspecified atom stereocenters.